The lowest BCUT2D eigenvalue weighted by atomic mass is 10.1. The highest BCUT2D eigenvalue weighted by molar-refractivity contribution is 5.68. The van der Waals surface area contributed by atoms with E-state index in [1.54, 1.807) is 6.33 Å². The summed E-state index contributed by atoms with van der Waals surface area (Å²) in [5, 5.41) is 8.69. The number of aromatic amines is 1. The van der Waals surface area contributed by atoms with Gasteiger partial charge >= 0.3 is 5.97 Å². The minimum atomic E-state index is -0.785. The van der Waals surface area contributed by atoms with Crippen molar-refractivity contribution in [3.8, 4) is 0 Å². The summed E-state index contributed by atoms with van der Waals surface area (Å²) >= 11 is 0. The number of carboxylic acid groups (broad SMARTS) is 1. The van der Waals surface area contributed by atoms with E-state index in [0.717, 1.165) is 17.9 Å². The molecule has 0 bridgehead atoms. The fourth-order valence-corrected chi connectivity index (χ4v) is 1.73. The summed E-state index contributed by atoms with van der Waals surface area (Å²) in [7, 11) is 1.91. The Morgan fingerprint density at radius 1 is 1.92 bits per heavy atom. The number of carboxylic acids is 1. The van der Waals surface area contributed by atoms with Crippen LogP contribution in [0.1, 0.15) is 23.9 Å². The van der Waals surface area contributed by atoms with Gasteiger partial charge in [-0.2, -0.15) is 0 Å². The van der Waals surface area contributed by atoms with Crippen molar-refractivity contribution in [1.29, 1.82) is 0 Å². The molecule has 2 heterocycles. The number of nitrogens with one attached hydrogen (secondary N) is 1. The van der Waals surface area contributed by atoms with Gasteiger partial charge in [-0.3, -0.25) is 9.69 Å². The molecule has 1 aromatic rings. The number of rotatable bonds is 2. The van der Waals surface area contributed by atoms with Crippen LogP contribution in [0.25, 0.3) is 0 Å². The summed E-state index contributed by atoms with van der Waals surface area (Å²) in [6.07, 6.45) is 1.74. The quantitative estimate of drug-likeness (QED) is 0.691. The molecule has 2 N–H and O–H groups in total. The molecule has 0 saturated carbocycles. The molecule has 0 spiro atoms. The van der Waals surface area contributed by atoms with Crippen molar-refractivity contribution in [3.63, 3.8) is 0 Å². The summed E-state index contributed by atoms with van der Waals surface area (Å²) in [5.74, 6) is -0.785. The minimum absolute atomic E-state index is 0.0706. The Morgan fingerprint density at radius 2 is 2.69 bits per heavy atom. The molecule has 1 atom stereocenters. The number of hydrogen-bond acceptors (Lipinski definition) is 3. The van der Waals surface area contributed by atoms with Crippen molar-refractivity contribution in [2.24, 2.45) is 0 Å². The molecule has 0 radical (unpaired) electrons. The van der Waals surface area contributed by atoms with Gasteiger partial charge in [-0.25, -0.2) is 4.98 Å². The molecule has 0 fully saturated rings. The normalized spacial score (nSPS) is 21.8. The molecular weight excluding hydrogens is 170 g/mol. The van der Waals surface area contributed by atoms with Crippen LogP contribution >= 0.6 is 0 Å². The van der Waals surface area contributed by atoms with Crippen molar-refractivity contribution in [2.75, 3.05) is 7.05 Å². The van der Waals surface area contributed by atoms with E-state index in [1.807, 2.05) is 11.9 Å². The molecule has 0 aliphatic carbocycles. The molecule has 5 nitrogen and oxygen atoms in total. The van der Waals surface area contributed by atoms with Gasteiger partial charge in [0.1, 0.15) is 0 Å². The van der Waals surface area contributed by atoms with Crippen LogP contribution in [-0.2, 0) is 11.3 Å². The van der Waals surface area contributed by atoms with Crippen LogP contribution in [0.15, 0.2) is 6.33 Å². The van der Waals surface area contributed by atoms with E-state index in [9.17, 15) is 4.79 Å². The summed E-state index contributed by atoms with van der Waals surface area (Å²) in [4.78, 5) is 19.7. The molecule has 1 aliphatic rings. The van der Waals surface area contributed by atoms with E-state index in [0.29, 0.717) is 0 Å². The van der Waals surface area contributed by atoms with Crippen molar-refractivity contribution in [1.82, 2.24) is 14.9 Å². The summed E-state index contributed by atoms with van der Waals surface area (Å²) < 4.78 is 0. The van der Waals surface area contributed by atoms with Gasteiger partial charge in [0, 0.05) is 6.54 Å². The molecule has 2 rings (SSSR count). The van der Waals surface area contributed by atoms with Gasteiger partial charge in [-0.05, 0) is 7.05 Å². The number of fused-ring (bicyclic) bond motifs is 1. The second kappa shape index (κ2) is 2.85. The number of nitrogens with zero attached hydrogens (tertiary/aromatic N) is 2. The number of aromatic nitrogens is 2. The van der Waals surface area contributed by atoms with Crippen LogP contribution in [0.5, 0.6) is 0 Å². The lowest BCUT2D eigenvalue weighted by Crippen LogP contribution is -2.20. The maximum Gasteiger partial charge on any atom is 0.305 e. The molecule has 0 amide bonds. The van der Waals surface area contributed by atoms with Gasteiger partial charge in [0.05, 0.1) is 30.2 Å². The largest absolute Gasteiger partial charge is 0.481 e. The summed E-state index contributed by atoms with van der Waals surface area (Å²) in [6.45, 7) is 0.757. The molecule has 13 heavy (non-hydrogen) atoms. The van der Waals surface area contributed by atoms with Crippen molar-refractivity contribution < 1.29 is 9.90 Å². The lowest BCUT2D eigenvalue weighted by molar-refractivity contribution is -0.138. The maximum absolute atomic E-state index is 10.6. The molecule has 1 aliphatic heterocycles. The second-order valence-electron chi connectivity index (χ2n) is 3.30. The van der Waals surface area contributed by atoms with Crippen LogP contribution < -0.4 is 0 Å². The molecule has 0 saturated heterocycles. The third kappa shape index (κ3) is 1.31. The van der Waals surface area contributed by atoms with E-state index >= 15 is 0 Å². The Bertz CT molecular complexity index is 334. The molecule has 5 heteroatoms. The lowest BCUT2D eigenvalue weighted by Gasteiger charge is -2.16. The van der Waals surface area contributed by atoms with Gasteiger partial charge in [-0.15, -0.1) is 0 Å². The Balaban J connectivity index is 2.24. The Hall–Kier alpha value is -1.36. The number of imidazole rings is 1. The average Bonchev–Trinajstić information content (AvgIpc) is 2.55. The first-order valence-electron chi connectivity index (χ1n) is 4.12. The Labute approximate surface area is 75.4 Å². The van der Waals surface area contributed by atoms with Crippen LogP contribution in [0.3, 0.4) is 0 Å². The highest BCUT2D eigenvalue weighted by atomic mass is 16.4. The Kier molecular flexibility index (Phi) is 1.81. The highest BCUT2D eigenvalue weighted by Crippen LogP contribution is 2.31. The summed E-state index contributed by atoms with van der Waals surface area (Å²) in [5.41, 5.74) is 1.92. The van der Waals surface area contributed by atoms with Crippen molar-refractivity contribution in [2.45, 2.75) is 19.0 Å². The van der Waals surface area contributed by atoms with Gasteiger partial charge in [0.25, 0.3) is 0 Å². The van der Waals surface area contributed by atoms with Crippen molar-refractivity contribution in [3.05, 3.63) is 17.7 Å². The van der Waals surface area contributed by atoms with Gasteiger partial charge < -0.3 is 10.1 Å². The zero-order valence-electron chi connectivity index (χ0n) is 7.32. The van der Waals surface area contributed by atoms with E-state index in [2.05, 4.69) is 9.97 Å². The highest BCUT2D eigenvalue weighted by Gasteiger charge is 2.31. The third-order valence-electron chi connectivity index (χ3n) is 2.37. The molecular formula is C8H11N3O2. The minimum Gasteiger partial charge on any atom is -0.481 e. The predicted octanol–water partition coefficient (Wildman–Crippen LogP) is 0.371. The molecule has 1 unspecified atom stereocenters. The first-order chi connectivity index (χ1) is 6.18. The number of H-pyrrole nitrogens is 1. The van der Waals surface area contributed by atoms with E-state index in [1.165, 1.54) is 0 Å². The van der Waals surface area contributed by atoms with E-state index in [-0.39, 0.29) is 12.5 Å². The topological polar surface area (TPSA) is 69.2 Å². The number of carbonyl (C=O) groups is 1. The monoisotopic (exact) mass is 181 g/mol. The van der Waals surface area contributed by atoms with Gasteiger partial charge in [-0.1, -0.05) is 0 Å². The third-order valence-corrected chi connectivity index (χ3v) is 2.37. The molecule has 0 aromatic carbocycles. The second-order valence-corrected chi connectivity index (χ2v) is 3.30. The number of hydrogen-bond donors (Lipinski definition) is 2. The standard InChI is InChI=1S/C8H11N3O2/c1-11-3-5-8(10-4-9-5)6(11)2-7(12)13/h4,6H,2-3H2,1H3,(H,9,10)(H,12,13). The predicted molar refractivity (Wildman–Crippen MR) is 45.0 cm³/mol. The van der Waals surface area contributed by atoms with Crippen molar-refractivity contribution >= 4 is 5.97 Å². The first kappa shape index (κ1) is 8.25. The SMILES string of the molecule is CN1Cc2[nH]cnc2C1CC(=O)O. The smallest absolute Gasteiger partial charge is 0.305 e. The zero-order valence-corrected chi connectivity index (χ0v) is 7.32. The van der Waals surface area contributed by atoms with Crippen LogP contribution in [-0.4, -0.2) is 33.0 Å². The average molecular weight is 181 g/mol. The maximum atomic E-state index is 10.6. The Morgan fingerprint density at radius 3 is 3.38 bits per heavy atom. The summed E-state index contributed by atoms with van der Waals surface area (Å²) in [6, 6.07) is -0.0706. The fourth-order valence-electron chi connectivity index (χ4n) is 1.73. The first-order valence-corrected chi connectivity index (χ1v) is 4.12. The van der Waals surface area contributed by atoms with Crippen LogP contribution in [0.2, 0.25) is 0 Å². The van der Waals surface area contributed by atoms with Crippen LogP contribution in [0.4, 0.5) is 0 Å². The molecule has 1 aromatic heterocycles. The molecule has 70 valence electrons. The number of aliphatic carboxylic acids is 1. The van der Waals surface area contributed by atoms with E-state index in [4.69, 9.17) is 5.11 Å². The van der Waals surface area contributed by atoms with Gasteiger partial charge in [0.2, 0.25) is 0 Å². The zero-order chi connectivity index (χ0) is 9.42. The van der Waals surface area contributed by atoms with Gasteiger partial charge in [0.15, 0.2) is 0 Å². The fraction of sp³-hybridized carbons (Fsp3) is 0.500. The van der Waals surface area contributed by atoms with E-state index < -0.39 is 5.97 Å². The van der Waals surface area contributed by atoms with Crippen LogP contribution in [0, 0.1) is 0 Å².